The van der Waals surface area contributed by atoms with E-state index >= 15 is 0 Å². The van der Waals surface area contributed by atoms with Crippen molar-refractivity contribution < 1.29 is 14.3 Å². The molecule has 16 heavy (non-hydrogen) atoms. The first kappa shape index (κ1) is 13.6. The standard InChI is InChI=1S/C11H18BrNO3/c1-7(2)9(12)10(15)13-8(5-14)6-16-11(13,3)4/h5,7-9H,6H2,1-4H3/t8-,9?/m0/s1. The van der Waals surface area contributed by atoms with E-state index in [0.29, 0.717) is 0 Å². The van der Waals surface area contributed by atoms with Crippen molar-refractivity contribution in [3.63, 3.8) is 0 Å². The number of amides is 1. The van der Waals surface area contributed by atoms with Crippen LogP contribution in [0.25, 0.3) is 0 Å². The Morgan fingerprint density at radius 2 is 2.12 bits per heavy atom. The largest absolute Gasteiger partial charge is 0.354 e. The van der Waals surface area contributed by atoms with Crippen molar-refractivity contribution in [2.75, 3.05) is 6.61 Å². The van der Waals surface area contributed by atoms with Gasteiger partial charge in [-0.05, 0) is 19.8 Å². The summed E-state index contributed by atoms with van der Waals surface area (Å²) >= 11 is 3.36. The molecule has 5 heteroatoms. The second-order valence-electron chi connectivity index (χ2n) is 4.82. The molecule has 1 rings (SSSR count). The number of nitrogens with zero attached hydrogens (tertiary/aromatic N) is 1. The van der Waals surface area contributed by atoms with Crippen molar-refractivity contribution in [3.05, 3.63) is 0 Å². The molecule has 0 aromatic carbocycles. The van der Waals surface area contributed by atoms with E-state index in [1.54, 1.807) is 13.8 Å². The smallest absolute Gasteiger partial charge is 0.239 e. The Hall–Kier alpha value is -0.420. The van der Waals surface area contributed by atoms with Crippen molar-refractivity contribution in [1.29, 1.82) is 0 Å². The maximum atomic E-state index is 12.2. The van der Waals surface area contributed by atoms with Gasteiger partial charge in [0.25, 0.3) is 0 Å². The summed E-state index contributed by atoms with van der Waals surface area (Å²) in [6.07, 6.45) is 0.771. The molecular formula is C11H18BrNO3. The minimum Gasteiger partial charge on any atom is -0.354 e. The Morgan fingerprint density at radius 3 is 2.56 bits per heavy atom. The fraction of sp³-hybridized carbons (Fsp3) is 0.818. The second kappa shape index (κ2) is 4.84. The van der Waals surface area contributed by atoms with Crippen LogP contribution in [0.2, 0.25) is 0 Å². The maximum absolute atomic E-state index is 12.2. The fourth-order valence-corrected chi connectivity index (χ4v) is 2.00. The monoisotopic (exact) mass is 291 g/mol. The minimum absolute atomic E-state index is 0.0883. The van der Waals surface area contributed by atoms with Crippen LogP contribution in [-0.2, 0) is 14.3 Å². The maximum Gasteiger partial charge on any atom is 0.239 e. The van der Waals surface area contributed by atoms with Gasteiger partial charge in [-0.3, -0.25) is 4.79 Å². The zero-order chi connectivity index (χ0) is 12.5. The van der Waals surface area contributed by atoms with Crippen LogP contribution < -0.4 is 0 Å². The van der Waals surface area contributed by atoms with Gasteiger partial charge < -0.3 is 14.4 Å². The number of aldehydes is 1. The molecule has 0 aliphatic carbocycles. The molecule has 1 fully saturated rings. The Morgan fingerprint density at radius 1 is 1.56 bits per heavy atom. The zero-order valence-corrected chi connectivity index (χ0v) is 11.7. The highest BCUT2D eigenvalue weighted by molar-refractivity contribution is 9.10. The third-order valence-corrected chi connectivity index (χ3v) is 4.18. The third kappa shape index (κ3) is 2.46. The number of hydrogen-bond acceptors (Lipinski definition) is 3. The van der Waals surface area contributed by atoms with Gasteiger partial charge in [0.1, 0.15) is 18.1 Å². The summed E-state index contributed by atoms with van der Waals surface area (Å²) in [6, 6.07) is -0.471. The van der Waals surface area contributed by atoms with E-state index in [1.807, 2.05) is 13.8 Å². The van der Waals surface area contributed by atoms with Crippen molar-refractivity contribution in [2.24, 2.45) is 5.92 Å². The number of carbonyl (C=O) groups is 2. The van der Waals surface area contributed by atoms with Crippen molar-refractivity contribution in [1.82, 2.24) is 4.90 Å². The van der Waals surface area contributed by atoms with Gasteiger partial charge in [-0.1, -0.05) is 29.8 Å². The lowest BCUT2D eigenvalue weighted by atomic mass is 10.1. The van der Waals surface area contributed by atoms with E-state index in [1.165, 1.54) is 4.90 Å². The summed E-state index contributed by atoms with van der Waals surface area (Å²) in [5.74, 6) is 0.0887. The van der Waals surface area contributed by atoms with Gasteiger partial charge >= 0.3 is 0 Å². The molecule has 1 saturated heterocycles. The summed E-state index contributed by atoms with van der Waals surface area (Å²) in [7, 11) is 0. The molecule has 92 valence electrons. The lowest BCUT2D eigenvalue weighted by molar-refractivity contribution is -0.147. The van der Waals surface area contributed by atoms with Gasteiger partial charge in [0.05, 0.1) is 11.4 Å². The SMILES string of the molecule is CC(C)C(Br)C(=O)N1[C@@H](C=O)COC1(C)C. The molecule has 1 amide bonds. The first-order valence-electron chi connectivity index (χ1n) is 5.37. The lowest BCUT2D eigenvalue weighted by Crippen LogP contribution is -2.52. The predicted octanol–water partition coefficient (Wildman–Crippen LogP) is 1.57. The quantitative estimate of drug-likeness (QED) is 0.586. The molecule has 4 nitrogen and oxygen atoms in total. The van der Waals surface area contributed by atoms with E-state index in [9.17, 15) is 9.59 Å². The molecule has 0 spiro atoms. The van der Waals surface area contributed by atoms with Crippen molar-refractivity contribution in [3.8, 4) is 0 Å². The molecule has 0 aromatic heterocycles. The first-order valence-corrected chi connectivity index (χ1v) is 6.29. The van der Waals surface area contributed by atoms with E-state index in [0.717, 1.165) is 6.29 Å². The van der Waals surface area contributed by atoms with Crippen molar-refractivity contribution in [2.45, 2.75) is 44.3 Å². The number of ether oxygens (including phenoxy) is 1. The summed E-state index contributed by atoms with van der Waals surface area (Å²) in [6.45, 7) is 7.79. The van der Waals surface area contributed by atoms with Gasteiger partial charge in [-0.2, -0.15) is 0 Å². The van der Waals surface area contributed by atoms with E-state index in [2.05, 4.69) is 15.9 Å². The van der Waals surface area contributed by atoms with Gasteiger partial charge in [0, 0.05) is 0 Å². The number of hydrogen-bond donors (Lipinski definition) is 0. The highest BCUT2D eigenvalue weighted by Crippen LogP contribution is 2.29. The Balaban J connectivity index is 2.91. The Labute approximate surface area is 104 Å². The number of alkyl halides is 1. The minimum atomic E-state index is -0.705. The van der Waals surface area contributed by atoms with Crippen LogP contribution in [0.3, 0.4) is 0 Å². The molecule has 0 N–H and O–H groups in total. The van der Waals surface area contributed by atoms with Crippen LogP contribution in [-0.4, -0.2) is 40.3 Å². The van der Waals surface area contributed by atoms with Crippen LogP contribution in [0.1, 0.15) is 27.7 Å². The number of carbonyl (C=O) groups excluding carboxylic acids is 2. The molecule has 2 atom stereocenters. The van der Waals surface area contributed by atoms with Crippen LogP contribution in [0.5, 0.6) is 0 Å². The van der Waals surface area contributed by atoms with Gasteiger partial charge in [-0.25, -0.2) is 0 Å². The van der Waals surface area contributed by atoms with Crippen LogP contribution in [0.15, 0.2) is 0 Å². The zero-order valence-electron chi connectivity index (χ0n) is 10.1. The van der Waals surface area contributed by atoms with Crippen LogP contribution in [0, 0.1) is 5.92 Å². The predicted molar refractivity (Wildman–Crippen MR) is 64.3 cm³/mol. The van der Waals surface area contributed by atoms with Crippen LogP contribution >= 0.6 is 15.9 Å². The highest BCUT2D eigenvalue weighted by Gasteiger charge is 2.45. The summed E-state index contributed by atoms with van der Waals surface area (Å²) in [5.41, 5.74) is -0.705. The topological polar surface area (TPSA) is 46.6 Å². The summed E-state index contributed by atoms with van der Waals surface area (Å²) in [4.78, 5) is 24.4. The second-order valence-corrected chi connectivity index (χ2v) is 5.80. The van der Waals surface area contributed by atoms with Gasteiger partial charge in [0.15, 0.2) is 0 Å². The van der Waals surface area contributed by atoms with Gasteiger partial charge in [-0.15, -0.1) is 0 Å². The molecule has 1 heterocycles. The van der Waals surface area contributed by atoms with Crippen molar-refractivity contribution >= 4 is 28.1 Å². The van der Waals surface area contributed by atoms with Gasteiger partial charge in [0.2, 0.25) is 5.91 Å². The van der Waals surface area contributed by atoms with E-state index in [4.69, 9.17) is 4.74 Å². The molecule has 1 aliphatic heterocycles. The number of halogens is 1. The molecular weight excluding hydrogens is 274 g/mol. The van der Waals surface area contributed by atoms with E-state index in [-0.39, 0.29) is 23.3 Å². The average molecular weight is 292 g/mol. The Bertz CT molecular complexity index is 291. The summed E-state index contributed by atoms with van der Waals surface area (Å²) in [5, 5.41) is 0. The van der Waals surface area contributed by atoms with Crippen LogP contribution in [0.4, 0.5) is 0 Å². The first-order chi connectivity index (χ1) is 7.31. The highest BCUT2D eigenvalue weighted by atomic mass is 79.9. The molecule has 0 saturated carbocycles. The summed E-state index contributed by atoms with van der Waals surface area (Å²) < 4.78 is 5.46. The Kier molecular flexibility index (Phi) is 4.12. The molecule has 0 bridgehead atoms. The molecule has 1 unspecified atom stereocenters. The molecule has 0 radical (unpaired) electrons. The normalized spacial score (nSPS) is 25.9. The fourth-order valence-electron chi connectivity index (χ4n) is 1.78. The lowest BCUT2D eigenvalue weighted by Gasteiger charge is -2.34. The third-order valence-electron chi connectivity index (χ3n) is 2.73. The van der Waals surface area contributed by atoms with E-state index < -0.39 is 11.8 Å². The number of rotatable bonds is 3. The average Bonchev–Trinajstić information content (AvgIpc) is 2.51. The molecule has 1 aliphatic rings. The molecule has 0 aromatic rings.